The number of aliphatic imine (C=N–C) groups is 1. The second-order valence-electron chi connectivity index (χ2n) is 3.53. The Hall–Kier alpha value is -1.31. The molecule has 0 fully saturated rings. The van der Waals surface area contributed by atoms with E-state index in [1.165, 1.54) is 5.56 Å². The molecule has 1 atom stereocenters. The minimum Gasteiger partial charge on any atom is -0.468 e. The van der Waals surface area contributed by atoms with Gasteiger partial charge in [-0.15, -0.1) is 0 Å². The minimum absolute atomic E-state index is 0.245. The van der Waals surface area contributed by atoms with Gasteiger partial charge in [-0.05, 0) is 12.5 Å². The van der Waals surface area contributed by atoms with E-state index in [9.17, 15) is 0 Å². The van der Waals surface area contributed by atoms with Gasteiger partial charge >= 0.3 is 0 Å². The molecule has 0 aromatic heterocycles. The minimum atomic E-state index is -0.245. The van der Waals surface area contributed by atoms with Crippen molar-refractivity contribution in [2.75, 3.05) is 6.54 Å². The van der Waals surface area contributed by atoms with Crippen molar-refractivity contribution in [3.05, 3.63) is 35.9 Å². The van der Waals surface area contributed by atoms with Gasteiger partial charge in [0.25, 0.3) is 0 Å². The standard InChI is InChI=1S/C11H13NO/c1-9-12-8-11(2,13-9)10-6-4-3-5-7-10/h3-7H,8H2,1-2H3. The predicted octanol–water partition coefficient (Wildman–Crippen LogP) is 2.35. The van der Waals surface area contributed by atoms with E-state index in [4.69, 9.17) is 4.74 Å². The third-order valence-electron chi connectivity index (χ3n) is 2.36. The molecule has 13 heavy (non-hydrogen) atoms. The summed E-state index contributed by atoms with van der Waals surface area (Å²) in [6.45, 7) is 4.69. The van der Waals surface area contributed by atoms with Crippen LogP contribution < -0.4 is 0 Å². The highest BCUT2D eigenvalue weighted by Crippen LogP contribution is 2.29. The molecule has 1 heterocycles. The maximum absolute atomic E-state index is 5.68. The van der Waals surface area contributed by atoms with Gasteiger partial charge in [0.2, 0.25) is 0 Å². The number of benzene rings is 1. The highest BCUT2D eigenvalue weighted by atomic mass is 16.5. The third kappa shape index (κ3) is 1.44. The lowest BCUT2D eigenvalue weighted by atomic mass is 9.96. The summed E-state index contributed by atoms with van der Waals surface area (Å²) >= 11 is 0. The molecule has 1 unspecified atom stereocenters. The average Bonchev–Trinajstić information content (AvgIpc) is 2.49. The quantitative estimate of drug-likeness (QED) is 0.642. The Morgan fingerprint density at radius 1 is 1.31 bits per heavy atom. The first-order chi connectivity index (χ1) is 6.21. The molecule has 0 spiro atoms. The van der Waals surface area contributed by atoms with Crippen molar-refractivity contribution < 1.29 is 4.74 Å². The predicted molar refractivity (Wildman–Crippen MR) is 52.9 cm³/mol. The fraction of sp³-hybridized carbons (Fsp3) is 0.364. The Labute approximate surface area is 78.3 Å². The molecule has 1 aromatic rings. The molecule has 2 rings (SSSR count). The van der Waals surface area contributed by atoms with Gasteiger partial charge in [-0.2, -0.15) is 0 Å². The van der Waals surface area contributed by atoms with Crippen molar-refractivity contribution in [1.29, 1.82) is 0 Å². The summed E-state index contributed by atoms with van der Waals surface area (Å²) in [6.07, 6.45) is 0. The van der Waals surface area contributed by atoms with Gasteiger partial charge in [0.05, 0.1) is 6.54 Å². The van der Waals surface area contributed by atoms with Crippen LogP contribution in [0, 0.1) is 0 Å². The van der Waals surface area contributed by atoms with Gasteiger partial charge in [0.15, 0.2) is 11.5 Å². The van der Waals surface area contributed by atoms with Crippen molar-refractivity contribution in [1.82, 2.24) is 0 Å². The molecule has 1 aliphatic heterocycles. The molecule has 0 amide bonds. The molecule has 0 saturated carbocycles. The summed E-state index contributed by atoms with van der Waals surface area (Å²) < 4.78 is 5.68. The maximum Gasteiger partial charge on any atom is 0.181 e. The molecule has 1 aromatic carbocycles. The topological polar surface area (TPSA) is 21.6 Å². The van der Waals surface area contributed by atoms with Crippen LogP contribution in [0.1, 0.15) is 19.4 Å². The van der Waals surface area contributed by atoms with Gasteiger partial charge in [-0.25, -0.2) is 0 Å². The van der Waals surface area contributed by atoms with Crippen LogP contribution >= 0.6 is 0 Å². The van der Waals surface area contributed by atoms with Gasteiger partial charge in [-0.3, -0.25) is 4.99 Å². The monoisotopic (exact) mass is 175 g/mol. The lowest BCUT2D eigenvalue weighted by Gasteiger charge is -2.23. The van der Waals surface area contributed by atoms with Crippen LogP contribution in [0.3, 0.4) is 0 Å². The molecule has 0 N–H and O–H groups in total. The van der Waals surface area contributed by atoms with Crippen molar-refractivity contribution in [3.8, 4) is 0 Å². The van der Waals surface area contributed by atoms with E-state index in [1.54, 1.807) is 0 Å². The van der Waals surface area contributed by atoms with Crippen LogP contribution in [-0.4, -0.2) is 12.4 Å². The summed E-state index contributed by atoms with van der Waals surface area (Å²) in [6, 6.07) is 10.2. The first-order valence-electron chi connectivity index (χ1n) is 4.46. The van der Waals surface area contributed by atoms with E-state index in [1.807, 2.05) is 25.1 Å². The first-order valence-corrected chi connectivity index (χ1v) is 4.46. The molecular formula is C11H13NO. The van der Waals surface area contributed by atoms with Crippen LogP contribution in [0.5, 0.6) is 0 Å². The smallest absolute Gasteiger partial charge is 0.181 e. The van der Waals surface area contributed by atoms with E-state index in [2.05, 4.69) is 24.0 Å². The van der Waals surface area contributed by atoms with E-state index >= 15 is 0 Å². The van der Waals surface area contributed by atoms with Crippen LogP contribution in [-0.2, 0) is 10.3 Å². The molecule has 2 heteroatoms. The Bertz CT molecular complexity index is 331. The molecule has 0 radical (unpaired) electrons. The van der Waals surface area contributed by atoms with Crippen LogP contribution in [0.2, 0.25) is 0 Å². The molecular weight excluding hydrogens is 162 g/mol. The summed E-state index contributed by atoms with van der Waals surface area (Å²) in [5.74, 6) is 0.784. The normalized spacial score (nSPS) is 26.8. The van der Waals surface area contributed by atoms with Crippen molar-refractivity contribution >= 4 is 5.90 Å². The summed E-state index contributed by atoms with van der Waals surface area (Å²) in [5.41, 5.74) is 0.946. The highest BCUT2D eigenvalue weighted by Gasteiger charge is 2.32. The lowest BCUT2D eigenvalue weighted by molar-refractivity contribution is 0.107. The second-order valence-corrected chi connectivity index (χ2v) is 3.53. The van der Waals surface area contributed by atoms with Crippen LogP contribution in [0.25, 0.3) is 0 Å². The molecule has 1 aliphatic rings. The van der Waals surface area contributed by atoms with E-state index < -0.39 is 0 Å². The maximum atomic E-state index is 5.68. The third-order valence-corrected chi connectivity index (χ3v) is 2.36. The zero-order valence-corrected chi connectivity index (χ0v) is 7.95. The van der Waals surface area contributed by atoms with Gasteiger partial charge < -0.3 is 4.74 Å². The highest BCUT2D eigenvalue weighted by molar-refractivity contribution is 5.75. The van der Waals surface area contributed by atoms with E-state index in [0.29, 0.717) is 0 Å². The summed E-state index contributed by atoms with van der Waals surface area (Å²) in [4.78, 5) is 4.26. The molecule has 0 aliphatic carbocycles. The molecule has 2 nitrogen and oxygen atoms in total. The Kier molecular flexibility index (Phi) is 1.83. The SMILES string of the molecule is CC1=NCC(C)(c2ccccc2)O1. The summed E-state index contributed by atoms with van der Waals surface area (Å²) in [7, 11) is 0. The van der Waals surface area contributed by atoms with Crippen molar-refractivity contribution in [2.24, 2.45) is 4.99 Å². The Balaban J connectivity index is 2.28. The van der Waals surface area contributed by atoms with Gasteiger partial charge in [0.1, 0.15) is 0 Å². The number of rotatable bonds is 1. The fourth-order valence-electron chi connectivity index (χ4n) is 1.59. The second kappa shape index (κ2) is 2.87. The zero-order valence-electron chi connectivity index (χ0n) is 7.95. The largest absolute Gasteiger partial charge is 0.468 e. The number of hydrogen-bond acceptors (Lipinski definition) is 2. The number of nitrogens with zero attached hydrogens (tertiary/aromatic N) is 1. The fourth-order valence-corrected chi connectivity index (χ4v) is 1.59. The Morgan fingerprint density at radius 3 is 2.54 bits per heavy atom. The molecule has 68 valence electrons. The lowest BCUT2D eigenvalue weighted by Crippen LogP contribution is -2.25. The Morgan fingerprint density at radius 2 is 2.00 bits per heavy atom. The average molecular weight is 175 g/mol. The number of ether oxygens (including phenoxy) is 1. The zero-order chi connectivity index (χ0) is 9.31. The molecule has 0 saturated heterocycles. The van der Waals surface area contributed by atoms with Gasteiger partial charge in [-0.1, -0.05) is 30.3 Å². The van der Waals surface area contributed by atoms with Gasteiger partial charge in [0, 0.05) is 6.92 Å². The van der Waals surface area contributed by atoms with Crippen LogP contribution in [0.4, 0.5) is 0 Å². The summed E-state index contributed by atoms with van der Waals surface area (Å²) in [5, 5.41) is 0. The van der Waals surface area contributed by atoms with Crippen LogP contribution in [0.15, 0.2) is 35.3 Å². The molecule has 0 bridgehead atoms. The van der Waals surface area contributed by atoms with Crippen molar-refractivity contribution in [3.63, 3.8) is 0 Å². The number of hydrogen-bond donors (Lipinski definition) is 0. The first kappa shape index (κ1) is 8.30. The van der Waals surface area contributed by atoms with Crippen molar-refractivity contribution in [2.45, 2.75) is 19.4 Å². The van der Waals surface area contributed by atoms with E-state index in [-0.39, 0.29) is 5.60 Å². The van der Waals surface area contributed by atoms with E-state index in [0.717, 1.165) is 12.4 Å².